The zero-order chi connectivity index (χ0) is 11.9. The third-order valence-corrected chi connectivity index (χ3v) is 2.94. The Kier molecular flexibility index (Phi) is 2.59. The quantitative estimate of drug-likeness (QED) is 0.832. The standard InChI is InChI=1S/C11H11ClFN3/c1-6-3-4-7(13)10(11(6)12)8-5-9(14)16(2)15-8/h3-5H,14H2,1-2H3. The third kappa shape index (κ3) is 1.65. The summed E-state index contributed by atoms with van der Waals surface area (Å²) in [6.45, 7) is 1.82. The molecule has 0 saturated carbocycles. The highest BCUT2D eigenvalue weighted by Gasteiger charge is 2.15. The number of anilines is 1. The maximum Gasteiger partial charge on any atom is 0.134 e. The highest BCUT2D eigenvalue weighted by Crippen LogP contribution is 2.32. The van der Waals surface area contributed by atoms with Gasteiger partial charge in [0.15, 0.2) is 0 Å². The van der Waals surface area contributed by atoms with Gasteiger partial charge in [0, 0.05) is 13.1 Å². The van der Waals surface area contributed by atoms with Gasteiger partial charge in [-0.25, -0.2) is 4.39 Å². The van der Waals surface area contributed by atoms with Gasteiger partial charge in [-0.05, 0) is 18.6 Å². The molecule has 0 amide bonds. The van der Waals surface area contributed by atoms with Crippen molar-refractivity contribution in [3.63, 3.8) is 0 Å². The number of nitrogen functional groups attached to an aromatic ring is 1. The van der Waals surface area contributed by atoms with Gasteiger partial charge in [0.25, 0.3) is 0 Å². The van der Waals surface area contributed by atoms with Crippen LogP contribution in [0.25, 0.3) is 11.3 Å². The predicted octanol–water partition coefficient (Wildman–Crippen LogP) is 2.77. The molecular weight excluding hydrogens is 229 g/mol. The van der Waals surface area contributed by atoms with E-state index < -0.39 is 5.82 Å². The second-order valence-corrected chi connectivity index (χ2v) is 4.01. The Hall–Kier alpha value is -1.55. The minimum atomic E-state index is -0.395. The number of nitrogens with zero attached hydrogens (tertiary/aromatic N) is 2. The van der Waals surface area contributed by atoms with E-state index in [1.807, 2.05) is 6.92 Å². The molecule has 84 valence electrons. The van der Waals surface area contributed by atoms with Crippen molar-refractivity contribution in [1.82, 2.24) is 9.78 Å². The van der Waals surface area contributed by atoms with Gasteiger partial charge in [-0.1, -0.05) is 17.7 Å². The lowest BCUT2D eigenvalue weighted by Crippen LogP contribution is -1.97. The van der Waals surface area contributed by atoms with E-state index in [4.69, 9.17) is 17.3 Å². The van der Waals surface area contributed by atoms with Gasteiger partial charge in [-0.15, -0.1) is 0 Å². The van der Waals surface area contributed by atoms with Crippen LogP contribution in [0, 0.1) is 12.7 Å². The topological polar surface area (TPSA) is 43.8 Å². The maximum atomic E-state index is 13.7. The monoisotopic (exact) mass is 239 g/mol. The molecule has 0 aliphatic heterocycles. The van der Waals surface area contributed by atoms with Crippen molar-refractivity contribution in [3.05, 3.63) is 34.6 Å². The summed E-state index contributed by atoms with van der Waals surface area (Å²) in [7, 11) is 1.69. The normalized spacial score (nSPS) is 10.8. The smallest absolute Gasteiger partial charge is 0.134 e. The third-order valence-electron chi connectivity index (χ3n) is 2.46. The van der Waals surface area contributed by atoms with E-state index in [1.165, 1.54) is 10.7 Å². The summed E-state index contributed by atoms with van der Waals surface area (Å²) >= 11 is 6.06. The Morgan fingerprint density at radius 1 is 1.44 bits per heavy atom. The van der Waals surface area contributed by atoms with Gasteiger partial charge >= 0.3 is 0 Å². The summed E-state index contributed by atoms with van der Waals surface area (Å²) < 4.78 is 15.2. The van der Waals surface area contributed by atoms with Gasteiger partial charge in [-0.3, -0.25) is 4.68 Å². The number of aryl methyl sites for hydroxylation is 2. The summed E-state index contributed by atoms with van der Waals surface area (Å²) in [6.07, 6.45) is 0. The molecule has 5 heteroatoms. The largest absolute Gasteiger partial charge is 0.384 e. The van der Waals surface area contributed by atoms with Crippen molar-refractivity contribution in [3.8, 4) is 11.3 Å². The van der Waals surface area contributed by atoms with Crippen molar-refractivity contribution in [2.45, 2.75) is 6.92 Å². The van der Waals surface area contributed by atoms with E-state index in [9.17, 15) is 4.39 Å². The van der Waals surface area contributed by atoms with Crippen LogP contribution in [0.2, 0.25) is 5.02 Å². The second kappa shape index (κ2) is 3.79. The van der Waals surface area contributed by atoms with Crippen molar-refractivity contribution in [2.75, 3.05) is 5.73 Å². The summed E-state index contributed by atoms with van der Waals surface area (Å²) in [6, 6.07) is 4.61. The molecule has 0 fully saturated rings. The zero-order valence-electron chi connectivity index (χ0n) is 8.96. The fraction of sp³-hybridized carbons (Fsp3) is 0.182. The second-order valence-electron chi connectivity index (χ2n) is 3.63. The molecular formula is C11H11ClFN3. The van der Waals surface area contributed by atoms with Crippen LogP contribution in [0.5, 0.6) is 0 Å². The molecule has 0 atom stereocenters. The number of hydrogen-bond donors (Lipinski definition) is 1. The molecule has 16 heavy (non-hydrogen) atoms. The molecule has 1 aromatic heterocycles. The van der Waals surface area contributed by atoms with Gasteiger partial charge in [0.2, 0.25) is 0 Å². The minimum absolute atomic E-state index is 0.300. The average molecular weight is 240 g/mol. The molecule has 2 N–H and O–H groups in total. The summed E-state index contributed by atoms with van der Waals surface area (Å²) in [4.78, 5) is 0. The van der Waals surface area contributed by atoms with E-state index in [-0.39, 0.29) is 0 Å². The van der Waals surface area contributed by atoms with Gasteiger partial charge in [0.1, 0.15) is 11.6 Å². The number of hydrogen-bond acceptors (Lipinski definition) is 2. The van der Waals surface area contributed by atoms with Crippen LogP contribution in [-0.2, 0) is 7.05 Å². The lowest BCUT2D eigenvalue weighted by Gasteiger charge is -2.05. The van der Waals surface area contributed by atoms with Crippen LogP contribution in [0.4, 0.5) is 10.2 Å². The number of benzene rings is 1. The Balaban J connectivity index is 2.68. The fourth-order valence-electron chi connectivity index (χ4n) is 1.50. The van der Waals surface area contributed by atoms with Gasteiger partial charge in [0.05, 0.1) is 16.3 Å². The SMILES string of the molecule is Cc1ccc(F)c(-c2cc(N)n(C)n2)c1Cl. The average Bonchev–Trinajstić information content (AvgIpc) is 2.54. The van der Waals surface area contributed by atoms with Crippen LogP contribution < -0.4 is 5.73 Å². The first-order valence-electron chi connectivity index (χ1n) is 4.75. The van der Waals surface area contributed by atoms with E-state index in [0.717, 1.165) is 5.56 Å². The van der Waals surface area contributed by atoms with Gasteiger partial charge in [-0.2, -0.15) is 5.10 Å². The van der Waals surface area contributed by atoms with Crippen LogP contribution in [-0.4, -0.2) is 9.78 Å². The van der Waals surface area contributed by atoms with E-state index in [1.54, 1.807) is 19.2 Å². The first kappa shape index (κ1) is 11.0. The molecule has 0 bridgehead atoms. The lowest BCUT2D eigenvalue weighted by atomic mass is 10.1. The number of halogens is 2. The Morgan fingerprint density at radius 3 is 2.69 bits per heavy atom. The first-order chi connectivity index (χ1) is 7.50. The fourth-order valence-corrected chi connectivity index (χ4v) is 1.75. The molecule has 0 unspecified atom stereocenters. The van der Waals surface area contributed by atoms with Crippen LogP contribution in [0.15, 0.2) is 18.2 Å². The molecule has 2 rings (SSSR count). The zero-order valence-corrected chi connectivity index (χ0v) is 9.72. The lowest BCUT2D eigenvalue weighted by molar-refractivity contribution is 0.629. The number of rotatable bonds is 1. The van der Waals surface area contributed by atoms with Crippen LogP contribution in [0.3, 0.4) is 0 Å². The molecule has 0 aliphatic rings. The molecule has 0 spiro atoms. The molecule has 1 heterocycles. The highest BCUT2D eigenvalue weighted by molar-refractivity contribution is 6.34. The first-order valence-corrected chi connectivity index (χ1v) is 5.13. The Bertz CT molecular complexity index is 529. The van der Waals surface area contributed by atoms with Gasteiger partial charge < -0.3 is 5.73 Å². The molecule has 0 aliphatic carbocycles. The minimum Gasteiger partial charge on any atom is -0.384 e. The highest BCUT2D eigenvalue weighted by atomic mass is 35.5. The predicted molar refractivity (Wildman–Crippen MR) is 62.8 cm³/mol. The van der Waals surface area contributed by atoms with Crippen molar-refractivity contribution in [1.29, 1.82) is 0 Å². The van der Waals surface area contributed by atoms with E-state index >= 15 is 0 Å². The summed E-state index contributed by atoms with van der Waals surface area (Å²) in [5.74, 6) is 0.0701. The van der Waals surface area contributed by atoms with Crippen molar-refractivity contribution in [2.24, 2.45) is 7.05 Å². The summed E-state index contributed by atoms with van der Waals surface area (Å²) in [5.41, 5.74) is 7.21. The van der Waals surface area contributed by atoms with Crippen molar-refractivity contribution >= 4 is 17.4 Å². The molecule has 3 nitrogen and oxygen atoms in total. The van der Waals surface area contributed by atoms with E-state index in [0.29, 0.717) is 22.1 Å². The maximum absolute atomic E-state index is 13.7. The molecule has 0 saturated heterocycles. The number of nitrogens with two attached hydrogens (primary N) is 1. The molecule has 1 aromatic carbocycles. The van der Waals surface area contributed by atoms with Crippen molar-refractivity contribution < 1.29 is 4.39 Å². The molecule has 2 aromatic rings. The Labute approximate surface area is 97.6 Å². The van der Waals surface area contributed by atoms with Crippen LogP contribution in [0.1, 0.15) is 5.56 Å². The van der Waals surface area contributed by atoms with E-state index in [2.05, 4.69) is 5.10 Å². The number of aromatic nitrogens is 2. The van der Waals surface area contributed by atoms with Crippen LogP contribution >= 0.6 is 11.6 Å². The summed E-state index contributed by atoms with van der Waals surface area (Å²) in [5, 5.41) is 4.48. The Morgan fingerprint density at radius 2 is 2.12 bits per heavy atom. The molecule has 0 radical (unpaired) electrons.